The van der Waals surface area contributed by atoms with Crippen LogP contribution in [0.3, 0.4) is 0 Å². The number of amides is 1. The van der Waals surface area contributed by atoms with Gasteiger partial charge in [-0.05, 0) is 43.4 Å². The molecule has 0 spiro atoms. The molecule has 1 N–H and O–H groups in total. The molecule has 2 unspecified atom stereocenters. The normalized spacial score (nSPS) is 26.1. The molecular weight excluding hydrogens is 381 g/mol. The summed E-state index contributed by atoms with van der Waals surface area (Å²) in [6, 6.07) is 6.02. The molecule has 1 amide bonds. The quantitative estimate of drug-likeness (QED) is 0.836. The average Bonchev–Trinajstić information content (AvgIpc) is 3.16. The third kappa shape index (κ3) is 3.99. The molecule has 2 fully saturated rings. The van der Waals surface area contributed by atoms with Gasteiger partial charge in [0.2, 0.25) is 0 Å². The minimum absolute atomic E-state index is 0.0643. The molecule has 158 valence electrons. The lowest BCUT2D eigenvalue weighted by Gasteiger charge is -2.36. The number of piperidine rings is 2. The summed E-state index contributed by atoms with van der Waals surface area (Å²) >= 11 is 0. The Hall–Kier alpha value is -2.09. The van der Waals surface area contributed by atoms with Gasteiger partial charge in [0.05, 0.1) is 11.6 Å². The Morgan fingerprint density at radius 1 is 1.17 bits per heavy atom. The lowest BCUT2D eigenvalue weighted by Crippen LogP contribution is -2.50. The molecule has 1 aromatic rings. The maximum absolute atomic E-state index is 13.3. The van der Waals surface area contributed by atoms with Crippen LogP contribution in [0, 0.1) is 5.92 Å². The number of hydrogen-bond donors (Lipinski definition) is 1. The lowest BCUT2D eigenvalue weighted by molar-refractivity contribution is -0.138. The Bertz CT molecular complexity index is 786. The number of benzene rings is 1. The maximum atomic E-state index is 13.3. The number of carbonyl (C=O) groups excluding carboxylic acids is 1. The second kappa shape index (κ2) is 7.97. The highest BCUT2D eigenvalue weighted by molar-refractivity contribution is 6.40. The molecule has 29 heavy (non-hydrogen) atoms. The summed E-state index contributed by atoms with van der Waals surface area (Å²) < 4.78 is 40.0. The first-order valence-electron chi connectivity index (χ1n) is 10.4. The van der Waals surface area contributed by atoms with E-state index in [2.05, 4.69) is 22.4 Å². The van der Waals surface area contributed by atoms with E-state index < -0.39 is 11.7 Å². The summed E-state index contributed by atoms with van der Waals surface area (Å²) in [5.74, 6) is -0.149. The van der Waals surface area contributed by atoms with Gasteiger partial charge in [-0.3, -0.25) is 4.79 Å². The average molecular weight is 408 g/mol. The van der Waals surface area contributed by atoms with Gasteiger partial charge >= 0.3 is 6.18 Å². The molecule has 3 aliphatic heterocycles. The van der Waals surface area contributed by atoms with Gasteiger partial charge in [0.1, 0.15) is 5.71 Å². The van der Waals surface area contributed by atoms with Crippen LogP contribution in [0.4, 0.5) is 13.2 Å². The molecule has 2 saturated heterocycles. The van der Waals surface area contributed by atoms with Crippen molar-refractivity contribution in [1.29, 1.82) is 0 Å². The number of carbonyl (C=O) groups is 1. The Labute approximate surface area is 168 Å². The van der Waals surface area contributed by atoms with Crippen molar-refractivity contribution in [1.82, 2.24) is 15.2 Å². The number of hydrogen-bond acceptors (Lipinski definition) is 4. The summed E-state index contributed by atoms with van der Waals surface area (Å²) in [7, 11) is 0. The summed E-state index contributed by atoms with van der Waals surface area (Å²) in [4.78, 5) is 17.2. The standard InChI is InChI=1S/C21H27F3N4O/c1-2-27-10-9-18-16(13-27)19(26-25-18)20(29)28-11-7-14(8-12-28)15-5-3-4-6-17(15)21(22,23)24/h3-6,14,16,18,25H,2,7-13H2,1H3. The smallest absolute Gasteiger partial charge is 0.337 e. The highest BCUT2D eigenvalue weighted by Crippen LogP contribution is 2.38. The maximum Gasteiger partial charge on any atom is 0.416 e. The summed E-state index contributed by atoms with van der Waals surface area (Å²) in [5, 5.41) is 4.35. The van der Waals surface area contributed by atoms with Gasteiger partial charge in [-0.2, -0.15) is 18.3 Å². The van der Waals surface area contributed by atoms with Crippen LogP contribution >= 0.6 is 0 Å². The second-order valence-electron chi connectivity index (χ2n) is 8.17. The van der Waals surface area contributed by atoms with Crippen LogP contribution in [0.15, 0.2) is 29.4 Å². The topological polar surface area (TPSA) is 47.9 Å². The number of rotatable bonds is 3. The van der Waals surface area contributed by atoms with Crippen molar-refractivity contribution in [3.05, 3.63) is 35.4 Å². The van der Waals surface area contributed by atoms with Crippen LogP contribution in [0.1, 0.15) is 43.2 Å². The zero-order chi connectivity index (χ0) is 20.6. The minimum Gasteiger partial charge on any atom is -0.337 e. The lowest BCUT2D eigenvalue weighted by atomic mass is 9.85. The van der Waals surface area contributed by atoms with Crippen molar-refractivity contribution in [2.24, 2.45) is 11.0 Å². The number of fused-ring (bicyclic) bond motifs is 1. The van der Waals surface area contributed by atoms with E-state index in [0.717, 1.165) is 32.1 Å². The van der Waals surface area contributed by atoms with Crippen molar-refractivity contribution in [2.45, 2.75) is 44.3 Å². The molecule has 0 aromatic heterocycles. The van der Waals surface area contributed by atoms with Crippen LogP contribution in [-0.2, 0) is 11.0 Å². The molecule has 1 aromatic carbocycles. The van der Waals surface area contributed by atoms with Crippen LogP contribution in [0.5, 0.6) is 0 Å². The van der Waals surface area contributed by atoms with Crippen molar-refractivity contribution in [2.75, 3.05) is 32.7 Å². The van der Waals surface area contributed by atoms with E-state index in [9.17, 15) is 18.0 Å². The van der Waals surface area contributed by atoms with Gasteiger partial charge in [-0.25, -0.2) is 0 Å². The first-order chi connectivity index (χ1) is 13.9. The van der Waals surface area contributed by atoms with Gasteiger partial charge in [-0.1, -0.05) is 25.1 Å². The molecule has 3 aliphatic rings. The van der Waals surface area contributed by atoms with E-state index in [1.165, 1.54) is 6.07 Å². The highest BCUT2D eigenvalue weighted by Gasteiger charge is 2.42. The van der Waals surface area contributed by atoms with Crippen molar-refractivity contribution < 1.29 is 18.0 Å². The van der Waals surface area contributed by atoms with Crippen molar-refractivity contribution in [3.63, 3.8) is 0 Å². The second-order valence-corrected chi connectivity index (χ2v) is 8.17. The number of alkyl halides is 3. The molecule has 3 heterocycles. The van der Waals surface area contributed by atoms with Crippen LogP contribution in [-0.4, -0.2) is 60.2 Å². The summed E-state index contributed by atoms with van der Waals surface area (Å²) in [6.45, 7) is 5.83. The third-order valence-corrected chi connectivity index (χ3v) is 6.55. The Morgan fingerprint density at radius 2 is 1.90 bits per heavy atom. The third-order valence-electron chi connectivity index (χ3n) is 6.55. The molecule has 0 radical (unpaired) electrons. The molecule has 0 saturated carbocycles. The molecule has 2 atom stereocenters. The monoisotopic (exact) mass is 408 g/mol. The fourth-order valence-electron chi connectivity index (χ4n) is 4.85. The van der Waals surface area contributed by atoms with E-state index >= 15 is 0 Å². The van der Waals surface area contributed by atoms with Crippen LogP contribution in [0.2, 0.25) is 0 Å². The van der Waals surface area contributed by atoms with E-state index in [0.29, 0.717) is 37.2 Å². The van der Waals surface area contributed by atoms with Crippen molar-refractivity contribution in [3.8, 4) is 0 Å². The number of nitrogens with one attached hydrogen (secondary N) is 1. The molecule has 0 aliphatic carbocycles. The summed E-state index contributed by atoms with van der Waals surface area (Å²) in [5.41, 5.74) is 3.49. The largest absolute Gasteiger partial charge is 0.416 e. The van der Waals surface area contributed by atoms with Crippen LogP contribution in [0.25, 0.3) is 0 Å². The first kappa shape index (κ1) is 20.2. The number of nitrogens with zero attached hydrogens (tertiary/aromatic N) is 3. The predicted octanol–water partition coefficient (Wildman–Crippen LogP) is 3.08. The molecule has 0 bridgehead atoms. The first-order valence-corrected chi connectivity index (χ1v) is 10.4. The van der Waals surface area contributed by atoms with Crippen LogP contribution < -0.4 is 5.43 Å². The molecule has 4 rings (SSSR count). The summed E-state index contributed by atoms with van der Waals surface area (Å²) in [6.07, 6.45) is -2.31. The molecule has 8 heteroatoms. The number of likely N-dealkylation sites (tertiary alicyclic amines) is 2. The SMILES string of the molecule is CCN1CCC2NN=C(C(=O)N3CCC(c4ccccc4C(F)(F)F)CC3)C2C1. The fourth-order valence-corrected chi connectivity index (χ4v) is 4.85. The van der Waals surface area contributed by atoms with Gasteiger partial charge in [0.25, 0.3) is 5.91 Å². The van der Waals surface area contributed by atoms with Crippen molar-refractivity contribution >= 4 is 11.6 Å². The Balaban J connectivity index is 1.41. The zero-order valence-corrected chi connectivity index (χ0v) is 16.6. The molecule has 5 nitrogen and oxygen atoms in total. The van der Waals surface area contributed by atoms with Gasteiger partial charge < -0.3 is 15.2 Å². The Morgan fingerprint density at radius 3 is 2.59 bits per heavy atom. The van der Waals surface area contributed by atoms with E-state index in [1.54, 1.807) is 17.0 Å². The number of halogens is 3. The highest BCUT2D eigenvalue weighted by atomic mass is 19.4. The number of hydrazone groups is 1. The van der Waals surface area contributed by atoms with Gasteiger partial charge in [0.15, 0.2) is 0 Å². The fraction of sp³-hybridized carbons (Fsp3) is 0.619. The van der Waals surface area contributed by atoms with E-state index in [-0.39, 0.29) is 23.8 Å². The minimum atomic E-state index is -4.35. The van der Waals surface area contributed by atoms with Gasteiger partial charge in [-0.15, -0.1) is 0 Å². The Kier molecular flexibility index (Phi) is 5.55. The van der Waals surface area contributed by atoms with E-state index in [4.69, 9.17) is 0 Å². The predicted molar refractivity (Wildman–Crippen MR) is 105 cm³/mol. The zero-order valence-electron chi connectivity index (χ0n) is 16.6. The van der Waals surface area contributed by atoms with E-state index in [1.807, 2.05) is 0 Å². The van der Waals surface area contributed by atoms with Gasteiger partial charge in [0, 0.05) is 32.1 Å². The molecular formula is C21H27F3N4O.